The van der Waals surface area contributed by atoms with E-state index in [1.54, 1.807) is 0 Å². The van der Waals surface area contributed by atoms with E-state index in [0.29, 0.717) is 11.3 Å². The third kappa shape index (κ3) is 4.38. The number of thioether (sulfide) groups is 2. The molecule has 0 radical (unpaired) electrons. The molecule has 0 saturated carbocycles. The van der Waals surface area contributed by atoms with E-state index in [2.05, 4.69) is 75.9 Å². The molecule has 1 aromatic heterocycles. The van der Waals surface area contributed by atoms with Crippen molar-refractivity contribution in [1.82, 2.24) is 10.3 Å². The van der Waals surface area contributed by atoms with E-state index in [9.17, 15) is 0 Å². The van der Waals surface area contributed by atoms with Gasteiger partial charge in [0, 0.05) is 50.8 Å². The molecule has 0 bridgehead atoms. The summed E-state index contributed by atoms with van der Waals surface area (Å²) in [6.07, 6.45) is 4.16. The summed E-state index contributed by atoms with van der Waals surface area (Å²) in [4.78, 5) is 4.51. The standard InChI is InChI=1S/C14H21BrN2S2/c1-3-13-14(19-7-6-18-13)12(16-2)8-11-5-4-10(15)9-17-11/h4-5,9,12-14,16H,3,6-8H2,1-2H3. The molecule has 1 aromatic rings. The maximum Gasteiger partial charge on any atom is 0.0420 e. The van der Waals surface area contributed by atoms with E-state index < -0.39 is 0 Å². The molecule has 0 amide bonds. The Morgan fingerprint density at radius 3 is 2.84 bits per heavy atom. The minimum absolute atomic E-state index is 0.511. The second kappa shape index (κ2) is 7.91. The molecule has 0 spiro atoms. The first kappa shape index (κ1) is 15.7. The minimum atomic E-state index is 0.511. The fourth-order valence-corrected chi connectivity index (χ4v) is 5.98. The van der Waals surface area contributed by atoms with Gasteiger partial charge in [0.15, 0.2) is 0 Å². The van der Waals surface area contributed by atoms with E-state index in [1.807, 2.05) is 6.20 Å². The summed E-state index contributed by atoms with van der Waals surface area (Å²) in [7, 11) is 2.08. The fourth-order valence-electron chi connectivity index (χ4n) is 2.45. The third-order valence-corrected chi connectivity index (χ3v) is 7.36. The molecule has 3 atom stereocenters. The van der Waals surface area contributed by atoms with Gasteiger partial charge in [0.25, 0.3) is 0 Å². The predicted molar refractivity (Wildman–Crippen MR) is 91.3 cm³/mol. The Morgan fingerprint density at radius 1 is 1.42 bits per heavy atom. The van der Waals surface area contributed by atoms with Gasteiger partial charge in [0.2, 0.25) is 0 Å². The molecule has 106 valence electrons. The van der Waals surface area contributed by atoms with Crippen molar-refractivity contribution in [3.05, 3.63) is 28.5 Å². The van der Waals surface area contributed by atoms with E-state index in [0.717, 1.165) is 16.1 Å². The molecule has 5 heteroatoms. The van der Waals surface area contributed by atoms with Crippen LogP contribution in [0.15, 0.2) is 22.8 Å². The number of likely N-dealkylation sites (N-methyl/N-ethyl adjacent to an activating group) is 1. The van der Waals surface area contributed by atoms with Crippen LogP contribution in [0.5, 0.6) is 0 Å². The summed E-state index contributed by atoms with van der Waals surface area (Å²) in [5.74, 6) is 2.57. The number of rotatable bonds is 5. The summed E-state index contributed by atoms with van der Waals surface area (Å²) in [6, 6.07) is 4.71. The number of nitrogens with zero attached hydrogens (tertiary/aromatic N) is 1. The summed E-state index contributed by atoms with van der Waals surface area (Å²) in [5, 5.41) is 4.98. The van der Waals surface area contributed by atoms with Crippen molar-refractivity contribution in [3.8, 4) is 0 Å². The summed E-state index contributed by atoms with van der Waals surface area (Å²) in [6.45, 7) is 2.31. The molecular weight excluding hydrogens is 340 g/mol. The predicted octanol–water partition coefficient (Wildman–Crippen LogP) is 3.60. The maximum absolute atomic E-state index is 4.51. The van der Waals surface area contributed by atoms with Crippen LogP contribution in [-0.2, 0) is 6.42 Å². The molecule has 19 heavy (non-hydrogen) atoms. The Morgan fingerprint density at radius 2 is 2.21 bits per heavy atom. The van der Waals surface area contributed by atoms with Gasteiger partial charge in [0.05, 0.1) is 0 Å². The van der Waals surface area contributed by atoms with Crippen LogP contribution in [0.4, 0.5) is 0 Å². The highest BCUT2D eigenvalue weighted by atomic mass is 79.9. The first-order valence-corrected chi connectivity index (χ1v) is 9.64. The lowest BCUT2D eigenvalue weighted by Gasteiger charge is -2.35. The van der Waals surface area contributed by atoms with Gasteiger partial charge in [-0.25, -0.2) is 0 Å². The summed E-state index contributed by atoms with van der Waals surface area (Å²) >= 11 is 7.71. The molecule has 0 aliphatic carbocycles. The lowest BCUT2D eigenvalue weighted by atomic mass is 10.0. The van der Waals surface area contributed by atoms with Crippen LogP contribution in [0, 0.1) is 0 Å². The quantitative estimate of drug-likeness (QED) is 0.866. The Labute approximate surface area is 133 Å². The molecule has 1 N–H and O–H groups in total. The molecule has 0 aromatic carbocycles. The average Bonchev–Trinajstić information content (AvgIpc) is 2.46. The highest BCUT2D eigenvalue weighted by molar-refractivity contribution is 9.10. The number of aromatic nitrogens is 1. The molecule has 2 rings (SSSR count). The van der Waals surface area contributed by atoms with Crippen molar-refractivity contribution >= 4 is 39.5 Å². The van der Waals surface area contributed by atoms with Crippen molar-refractivity contribution in [1.29, 1.82) is 0 Å². The van der Waals surface area contributed by atoms with E-state index in [-0.39, 0.29) is 0 Å². The van der Waals surface area contributed by atoms with Crippen LogP contribution in [0.3, 0.4) is 0 Å². The van der Waals surface area contributed by atoms with Gasteiger partial charge in [-0.05, 0) is 41.5 Å². The normalized spacial score (nSPS) is 25.2. The smallest absolute Gasteiger partial charge is 0.0420 e. The molecule has 2 nitrogen and oxygen atoms in total. The first-order chi connectivity index (χ1) is 9.24. The van der Waals surface area contributed by atoms with Crippen LogP contribution in [-0.4, -0.2) is 40.1 Å². The lowest BCUT2D eigenvalue weighted by Crippen LogP contribution is -2.45. The minimum Gasteiger partial charge on any atom is -0.315 e. The van der Waals surface area contributed by atoms with Gasteiger partial charge < -0.3 is 5.32 Å². The lowest BCUT2D eigenvalue weighted by molar-refractivity contribution is 0.512. The zero-order valence-electron chi connectivity index (χ0n) is 11.4. The molecule has 1 saturated heterocycles. The number of hydrogen-bond donors (Lipinski definition) is 1. The van der Waals surface area contributed by atoms with Crippen LogP contribution in [0.1, 0.15) is 19.0 Å². The number of nitrogens with one attached hydrogen (secondary N) is 1. The zero-order valence-corrected chi connectivity index (χ0v) is 14.7. The largest absolute Gasteiger partial charge is 0.315 e. The number of hydrogen-bond acceptors (Lipinski definition) is 4. The van der Waals surface area contributed by atoms with Gasteiger partial charge in [-0.3, -0.25) is 4.98 Å². The highest BCUT2D eigenvalue weighted by Gasteiger charge is 2.31. The van der Waals surface area contributed by atoms with E-state index in [1.165, 1.54) is 23.6 Å². The molecule has 1 aliphatic heterocycles. The summed E-state index contributed by atoms with van der Waals surface area (Å²) < 4.78 is 1.05. The highest BCUT2D eigenvalue weighted by Crippen LogP contribution is 2.35. The van der Waals surface area contributed by atoms with Crippen LogP contribution in [0.2, 0.25) is 0 Å². The van der Waals surface area contributed by atoms with Crippen molar-refractivity contribution < 1.29 is 0 Å². The zero-order chi connectivity index (χ0) is 13.7. The molecular formula is C14H21BrN2S2. The van der Waals surface area contributed by atoms with Crippen molar-refractivity contribution in [3.63, 3.8) is 0 Å². The number of halogens is 1. The molecule has 2 heterocycles. The van der Waals surface area contributed by atoms with Crippen molar-refractivity contribution in [2.24, 2.45) is 0 Å². The van der Waals surface area contributed by atoms with Crippen molar-refractivity contribution in [2.75, 3.05) is 18.6 Å². The Kier molecular flexibility index (Phi) is 6.53. The fraction of sp³-hybridized carbons (Fsp3) is 0.643. The number of pyridine rings is 1. The molecule has 1 aliphatic rings. The third-order valence-electron chi connectivity index (χ3n) is 3.48. The Hall–Kier alpha value is 0.290. The van der Waals surface area contributed by atoms with Crippen molar-refractivity contribution in [2.45, 2.75) is 36.3 Å². The van der Waals surface area contributed by atoms with E-state index in [4.69, 9.17) is 0 Å². The van der Waals surface area contributed by atoms with Crippen LogP contribution < -0.4 is 5.32 Å². The van der Waals surface area contributed by atoms with E-state index >= 15 is 0 Å². The van der Waals surface area contributed by atoms with Gasteiger partial charge in [-0.1, -0.05) is 6.92 Å². The van der Waals surface area contributed by atoms with Crippen LogP contribution >= 0.6 is 39.5 Å². The van der Waals surface area contributed by atoms with Gasteiger partial charge in [-0.15, -0.1) is 0 Å². The molecule has 3 unspecified atom stereocenters. The SMILES string of the molecule is CCC1SCCSC1C(Cc1ccc(Br)cn1)NC. The monoisotopic (exact) mass is 360 g/mol. The van der Waals surface area contributed by atoms with Gasteiger partial charge >= 0.3 is 0 Å². The maximum atomic E-state index is 4.51. The summed E-state index contributed by atoms with van der Waals surface area (Å²) in [5.41, 5.74) is 1.17. The Balaban J connectivity index is 2.04. The topological polar surface area (TPSA) is 24.9 Å². The van der Waals surface area contributed by atoms with Gasteiger partial charge in [0.1, 0.15) is 0 Å². The first-order valence-electron chi connectivity index (χ1n) is 6.75. The second-order valence-electron chi connectivity index (χ2n) is 4.72. The van der Waals surface area contributed by atoms with Crippen LogP contribution in [0.25, 0.3) is 0 Å². The van der Waals surface area contributed by atoms with Gasteiger partial charge in [-0.2, -0.15) is 23.5 Å². The Bertz CT molecular complexity index is 386. The molecule has 1 fully saturated rings. The second-order valence-corrected chi connectivity index (χ2v) is 8.27. The average molecular weight is 361 g/mol.